The normalized spacial score (nSPS) is 40.3. The Labute approximate surface area is 119 Å². The monoisotopic (exact) mass is 354 g/mol. The van der Waals surface area contributed by atoms with Crippen molar-refractivity contribution in [2.45, 2.75) is 49.9 Å². The third kappa shape index (κ3) is 1.95. The van der Waals surface area contributed by atoms with Crippen molar-refractivity contribution in [2.75, 3.05) is 0 Å². The number of halogens is 6. The molecule has 0 aromatic rings. The summed E-state index contributed by atoms with van der Waals surface area (Å²) in [5.74, 6) is -4.64. The van der Waals surface area contributed by atoms with Gasteiger partial charge in [0.15, 0.2) is 0 Å². The summed E-state index contributed by atoms with van der Waals surface area (Å²) in [6.45, 7) is 0. The van der Waals surface area contributed by atoms with Crippen molar-refractivity contribution in [1.82, 2.24) is 0 Å². The average molecular weight is 354 g/mol. The first kappa shape index (κ1) is 14.8. The van der Waals surface area contributed by atoms with Crippen molar-refractivity contribution in [2.24, 2.45) is 0 Å². The Morgan fingerprint density at radius 2 is 1.00 bits per heavy atom. The molecule has 0 aromatic carbocycles. The van der Waals surface area contributed by atoms with Crippen molar-refractivity contribution in [1.29, 1.82) is 0 Å². The Kier molecular flexibility index (Phi) is 2.57. The molecule has 1 spiro atoms. The summed E-state index contributed by atoms with van der Waals surface area (Å²) < 4.78 is 102. The standard InChI is InChI=1S/C10H9F6O5P/c11-9(12,13)7-8(10(14,15)16)21-22(20-7)17-4-1-5(18-22)3-6(2-4)19-22/h4-6H,1-3H2. The Balaban J connectivity index is 1.78. The van der Waals surface area contributed by atoms with Crippen LogP contribution in [0, 0.1) is 0 Å². The molecule has 0 aromatic heterocycles. The molecule has 126 valence electrons. The van der Waals surface area contributed by atoms with Crippen LogP contribution in [-0.4, -0.2) is 30.7 Å². The third-order valence-corrected chi connectivity index (χ3v) is 6.63. The summed E-state index contributed by atoms with van der Waals surface area (Å²) in [5, 5.41) is 0. The van der Waals surface area contributed by atoms with Gasteiger partial charge in [0.2, 0.25) is 0 Å². The Hall–Kier alpha value is -0.770. The molecule has 5 rings (SSSR count). The van der Waals surface area contributed by atoms with Gasteiger partial charge in [-0.15, -0.1) is 0 Å². The van der Waals surface area contributed by atoms with E-state index in [0.29, 0.717) is 19.3 Å². The molecule has 0 radical (unpaired) electrons. The van der Waals surface area contributed by atoms with Gasteiger partial charge in [0.05, 0.1) is 0 Å². The first-order valence-corrected chi connectivity index (χ1v) is 8.19. The van der Waals surface area contributed by atoms with Crippen LogP contribution in [-0.2, 0) is 22.6 Å². The van der Waals surface area contributed by atoms with Crippen LogP contribution in [0.3, 0.4) is 0 Å². The molecule has 4 fully saturated rings. The molecule has 5 aliphatic rings. The Bertz CT molecular complexity index is 501. The van der Waals surface area contributed by atoms with E-state index >= 15 is 0 Å². The van der Waals surface area contributed by atoms with E-state index in [4.69, 9.17) is 13.6 Å². The molecule has 1 aliphatic carbocycles. The van der Waals surface area contributed by atoms with Gasteiger partial charge in [-0.25, -0.2) is 0 Å². The van der Waals surface area contributed by atoms with E-state index in [9.17, 15) is 26.3 Å². The van der Waals surface area contributed by atoms with Crippen LogP contribution in [0.5, 0.6) is 0 Å². The van der Waals surface area contributed by atoms with Crippen LogP contribution in [0.1, 0.15) is 19.3 Å². The topological polar surface area (TPSA) is 46.2 Å². The van der Waals surface area contributed by atoms with Crippen LogP contribution in [0.25, 0.3) is 0 Å². The third-order valence-electron chi connectivity index (χ3n) is 3.74. The first-order valence-electron chi connectivity index (χ1n) is 6.36. The molecule has 0 amide bonds. The summed E-state index contributed by atoms with van der Waals surface area (Å²) in [4.78, 5) is 0. The summed E-state index contributed by atoms with van der Waals surface area (Å²) in [7, 11) is -5.38. The van der Waals surface area contributed by atoms with Gasteiger partial charge in [-0.05, 0) is 0 Å². The van der Waals surface area contributed by atoms with Crippen LogP contribution in [0.4, 0.5) is 26.3 Å². The van der Waals surface area contributed by atoms with Crippen molar-refractivity contribution < 1.29 is 49.0 Å². The van der Waals surface area contributed by atoms with Crippen molar-refractivity contribution in [3.05, 3.63) is 11.5 Å². The Morgan fingerprint density at radius 3 is 1.27 bits per heavy atom. The van der Waals surface area contributed by atoms with Gasteiger partial charge in [0.25, 0.3) is 0 Å². The second-order valence-electron chi connectivity index (χ2n) is 5.47. The fourth-order valence-electron chi connectivity index (χ4n) is 3.12. The minimum absolute atomic E-state index is 0.354. The second kappa shape index (κ2) is 3.82. The average Bonchev–Trinajstić information content (AvgIpc) is 2.61. The van der Waals surface area contributed by atoms with Crippen LogP contribution in [0.15, 0.2) is 11.5 Å². The van der Waals surface area contributed by atoms with Gasteiger partial charge in [0, 0.05) is 0 Å². The second-order valence-corrected chi connectivity index (χ2v) is 7.96. The number of rotatable bonds is 0. The quantitative estimate of drug-likeness (QED) is 0.488. The molecule has 1 saturated carbocycles. The first-order chi connectivity index (χ1) is 9.98. The van der Waals surface area contributed by atoms with E-state index in [0.717, 1.165) is 0 Å². The van der Waals surface area contributed by atoms with Gasteiger partial charge in [-0.1, -0.05) is 0 Å². The molecule has 5 nitrogen and oxygen atoms in total. The number of alkyl halides is 6. The summed E-state index contributed by atoms with van der Waals surface area (Å²) in [6, 6.07) is 0. The zero-order chi connectivity index (χ0) is 16.0. The number of hydrogen-bond donors (Lipinski definition) is 0. The van der Waals surface area contributed by atoms with Crippen LogP contribution >= 0.6 is 7.74 Å². The Morgan fingerprint density at radius 1 is 0.682 bits per heavy atom. The fraction of sp³-hybridized carbons (Fsp3) is 0.800. The van der Waals surface area contributed by atoms with Crippen LogP contribution < -0.4 is 0 Å². The zero-order valence-corrected chi connectivity index (χ0v) is 11.5. The maximum atomic E-state index is 12.9. The predicted molar refractivity (Wildman–Crippen MR) is 56.7 cm³/mol. The molecule has 0 atom stereocenters. The fourth-order valence-corrected chi connectivity index (χ4v) is 6.51. The minimum atomic E-state index is -5.42. The molecule has 0 unspecified atom stereocenters. The molecular weight excluding hydrogens is 345 g/mol. The zero-order valence-electron chi connectivity index (χ0n) is 10.6. The van der Waals surface area contributed by atoms with E-state index in [1.807, 2.05) is 0 Å². The molecule has 4 heterocycles. The van der Waals surface area contributed by atoms with Crippen molar-refractivity contribution >= 4 is 7.74 Å². The van der Waals surface area contributed by atoms with E-state index < -0.39 is 49.9 Å². The molecule has 12 heteroatoms. The van der Waals surface area contributed by atoms with Gasteiger partial charge in [0.1, 0.15) is 0 Å². The van der Waals surface area contributed by atoms with Crippen LogP contribution in [0.2, 0.25) is 0 Å². The predicted octanol–water partition coefficient (Wildman–Crippen LogP) is 3.86. The van der Waals surface area contributed by atoms with Gasteiger partial charge < -0.3 is 0 Å². The molecule has 22 heavy (non-hydrogen) atoms. The van der Waals surface area contributed by atoms with E-state index in [-0.39, 0.29) is 0 Å². The van der Waals surface area contributed by atoms with E-state index in [2.05, 4.69) is 9.05 Å². The van der Waals surface area contributed by atoms with E-state index in [1.54, 1.807) is 0 Å². The van der Waals surface area contributed by atoms with E-state index in [1.165, 1.54) is 0 Å². The number of allylic oxidation sites excluding steroid dienone is 2. The SMILES string of the molecule is FC(F)(F)C1=C(C(F)(F)F)OP23(O1)OC1CC(CC(C1)O2)O3. The van der Waals surface area contributed by atoms with Crippen molar-refractivity contribution in [3.63, 3.8) is 0 Å². The van der Waals surface area contributed by atoms with Gasteiger partial charge in [-0.3, -0.25) is 0 Å². The number of hydrogen-bond acceptors (Lipinski definition) is 5. The summed E-state index contributed by atoms with van der Waals surface area (Å²) in [5.41, 5.74) is 0. The molecule has 4 bridgehead atoms. The van der Waals surface area contributed by atoms with Crippen molar-refractivity contribution in [3.8, 4) is 0 Å². The summed E-state index contributed by atoms with van der Waals surface area (Å²) in [6.07, 6.45) is -11.6. The summed E-state index contributed by atoms with van der Waals surface area (Å²) >= 11 is 0. The van der Waals surface area contributed by atoms with Gasteiger partial charge >= 0.3 is 118 Å². The molecule has 4 aliphatic heterocycles. The molecule has 3 saturated heterocycles. The maximum absolute atomic E-state index is 12.9. The molecular formula is C10H9F6O5P. The van der Waals surface area contributed by atoms with Gasteiger partial charge in [-0.2, -0.15) is 0 Å². The molecule has 0 N–H and O–H groups in total.